The van der Waals surface area contributed by atoms with Gasteiger partial charge in [0.15, 0.2) is 22.8 Å². The number of aromatic nitrogens is 2. The first-order chi connectivity index (χ1) is 13.9. The number of fused-ring (bicyclic) bond motifs is 1. The number of H-pyrrole nitrogens is 1. The van der Waals surface area contributed by atoms with Crippen molar-refractivity contribution in [2.75, 3.05) is 7.11 Å². The Labute approximate surface area is 167 Å². The average molecular weight is 398 g/mol. The minimum absolute atomic E-state index is 0.0731. The fourth-order valence-corrected chi connectivity index (χ4v) is 3.30. The fourth-order valence-electron chi connectivity index (χ4n) is 3.30. The van der Waals surface area contributed by atoms with Crippen molar-refractivity contribution < 1.29 is 18.7 Å². The smallest absolute Gasteiger partial charge is 0.192 e. The number of hydrogen-bond acceptors (Lipinski definition) is 5. The number of ether oxygens (including phenoxy) is 2. The van der Waals surface area contributed by atoms with E-state index in [1.54, 1.807) is 24.3 Å². The van der Waals surface area contributed by atoms with Gasteiger partial charge in [-0.25, -0.2) is 4.39 Å². The normalized spacial score (nSPS) is 18.2. The molecule has 1 saturated heterocycles. The molecule has 0 aliphatic carbocycles. The monoisotopic (exact) mass is 398 g/mol. The largest absolute Gasteiger partial charge is 0.494 e. The van der Waals surface area contributed by atoms with Gasteiger partial charge >= 0.3 is 0 Å². The third-order valence-corrected chi connectivity index (χ3v) is 4.73. The predicted octanol–water partition coefficient (Wildman–Crippen LogP) is 4.20. The van der Waals surface area contributed by atoms with Crippen LogP contribution in [0.1, 0.15) is 49.0 Å². The molecule has 3 heterocycles. The van der Waals surface area contributed by atoms with E-state index in [9.17, 15) is 14.0 Å². The van der Waals surface area contributed by atoms with Crippen LogP contribution >= 0.6 is 0 Å². The molecule has 0 amide bonds. The Hall–Kier alpha value is -3.06. The number of para-hydroxylation sites is 1. The molecule has 0 radical (unpaired) electrons. The number of nitrogens with zero attached hydrogens (tertiary/aromatic N) is 1. The number of Topliss-reactive ketones (excluding diaryl/α,β-unsaturated/α-hetero) is 1. The Bertz CT molecular complexity index is 1080. The second kappa shape index (κ2) is 8.96. The molecule has 3 aromatic rings. The van der Waals surface area contributed by atoms with Gasteiger partial charge in [-0.3, -0.25) is 14.6 Å². The Kier molecular flexibility index (Phi) is 6.39. The third-order valence-electron chi connectivity index (χ3n) is 4.73. The van der Waals surface area contributed by atoms with Gasteiger partial charge < -0.3 is 14.5 Å². The molecular formula is C22H23FN2O4. The molecule has 7 heteroatoms. The van der Waals surface area contributed by atoms with Crippen LogP contribution in [0, 0.1) is 5.82 Å². The molecule has 0 spiro atoms. The lowest BCUT2D eigenvalue weighted by atomic mass is 10.1. The second-order valence-corrected chi connectivity index (χ2v) is 6.87. The summed E-state index contributed by atoms with van der Waals surface area (Å²) in [7, 11) is 1.44. The summed E-state index contributed by atoms with van der Waals surface area (Å²) in [5.41, 5.74) is 1.44. The van der Waals surface area contributed by atoms with E-state index in [0.717, 1.165) is 18.5 Å². The Morgan fingerprint density at radius 2 is 2.03 bits per heavy atom. The van der Waals surface area contributed by atoms with E-state index in [4.69, 9.17) is 4.74 Å². The Balaban J connectivity index is 0.000000224. The van der Waals surface area contributed by atoms with E-state index in [2.05, 4.69) is 14.7 Å². The third kappa shape index (κ3) is 4.68. The number of aromatic amines is 1. The van der Waals surface area contributed by atoms with Crippen molar-refractivity contribution >= 4 is 16.7 Å². The van der Waals surface area contributed by atoms with E-state index in [0.29, 0.717) is 10.9 Å². The maximum Gasteiger partial charge on any atom is 0.192 e. The number of benzene rings is 1. The van der Waals surface area contributed by atoms with Crippen molar-refractivity contribution in [3.63, 3.8) is 0 Å². The lowest BCUT2D eigenvalue weighted by Crippen LogP contribution is -2.13. The van der Waals surface area contributed by atoms with Crippen molar-refractivity contribution in [3.8, 4) is 5.75 Å². The first-order valence-electron chi connectivity index (χ1n) is 9.37. The molecule has 1 aliphatic rings. The molecule has 152 valence electrons. The molecule has 1 N–H and O–H groups in total. The number of carbonyl (C=O) groups is 1. The number of hydrogen-bond donors (Lipinski definition) is 1. The van der Waals surface area contributed by atoms with Crippen molar-refractivity contribution in [2.24, 2.45) is 0 Å². The highest BCUT2D eigenvalue weighted by molar-refractivity contribution is 6.04. The maximum absolute atomic E-state index is 12.5. The lowest BCUT2D eigenvalue weighted by molar-refractivity contribution is 0.0532. The van der Waals surface area contributed by atoms with Crippen LogP contribution in [-0.2, 0) is 4.74 Å². The predicted molar refractivity (Wildman–Crippen MR) is 108 cm³/mol. The van der Waals surface area contributed by atoms with E-state index in [1.165, 1.54) is 32.4 Å². The zero-order chi connectivity index (χ0) is 21.0. The van der Waals surface area contributed by atoms with Gasteiger partial charge in [-0.05, 0) is 38.0 Å². The first-order valence-corrected chi connectivity index (χ1v) is 9.37. The van der Waals surface area contributed by atoms with Crippen LogP contribution in [0.3, 0.4) is 0 Å². The number of carbonyl (C=O) groups excluding carboxylic acids is 1. The number of pyridine rings is 2. The second-order valence-electron chi connectivity index (χ2n) is 6.87. The molecule has 4 rings (SSSR count). The molecule has 1 aliphatic heterocycles. The highest BCUT2D eigenvalue weighted by atomic mass is 19.1. The van der Waals surface area contributed by atoms with Crippen LogP contribution < -0.4 is 10.2 Å². The molecule has 29 heavy (non-hydrogen) atoms. The van der Waals surface area contributed by atoms with E-state index < -0.39 is 0 Å². The van der Waals surface area contributed by atoms with Crippen LogP contribution in [0.15, 0.2) is 47.4 Å². The van der Waals surface area contributed by atoms with Crippen molar-refractivity contribution in [2.45, 2.75) is 38.9 Å². The molecule has 2 unspecified atom stereocenters. The van der Waals surface area contributed by atoms with Gasteiger partial charge in [-0.1, -0.05) is 12.1 Å². The van der Waals surface area contributed by atoms with Gasteiger partial charge in [0, 0.05) is 24.9 Å². The quantitative estimate of drug-likeness (QED) is 0.669. The minimum Gasteiger partial charge on any atom is -0.494 e. The zero-order valence-electron chi connectivity index (χ0n) is 16.6. The number of halogens is 1. The first kappa shape index (κ1) is 20.7. The van der Waals surface area contributed by atoms with Crippen molar-refractivity contribution in [1.29, 1.82) is 0 Å². The summed E-state index contributed by atoms with van der Waals surface area (Å²) in [6, 6.07) is 9.53. The molecule has 1 aromatic carbocycles. The van der Waals surface area contributed by atoms with E-state index in [1.807, 2.05) is 6.92 Å². The molecule has 1 fully saturated rings. The Morgan fingerprint density at radius 3 is 2.62 bits per heavy atom. The van der Waals surface area contributed by atoms with Gasteiger partial charge in [-0.2, -0.15) is 0 Å². The molecule has 6 nitrogen and oxygen atoms in total. The lowest BCUT2D eigenvalue weighted by Gasteiger charge is -2.12. The van der Waals surface area contributed by atoms with Gasteiger partial charge in [-0.15, -0.1) is 0 Å². The summed E-state index contributed by atoms with van der Waals surface area (Å²) in [4.78, 5) is 31.1. The maximum atomic E-state index is 12.5. The van der Waals surface area contributed by atoms with E-state index in [-0.39, 0.29) is 40.7 Å². The van der Waals surface area contributed by atoms with Crippen LogP contribution in [0.2, 0.25) is 0 Å². The number of ketones is 1. The number of rotatable bonds is 3. The highest BCUT2D eigenvalue weighted by Gasteiger charge is 2.25. The number of nitrogens with one attached hydrogen (secondary N) is 1. The van der Waals surface area contributed by atoms with Gasteiger partial charge in [0.1, 0.15) is 5.69 Å². The van der Waals surface area contributed by atoms with Gasteiger partial charge in [0.25, 0.3) is 0 Å². The van der Waals surface area contributed by atoms with Gasteiger partial charge in [0.2, 0.25) is 0 Å². The standard InChI is InChI=1S/C15H16N2O3.C7H7FO/c1-8-3-4-13(20-8)11-7-12(19)14-10(17-11)5-6-16-15(14)9(2)18;1-9-7-5-3-2-4-6(7)8/h5-8,13H,3-4H2,1-2H3,(H,17,19);2-5H,1H3. The Morgan fingerprint density at radius 1 is 1.28 bits per heavy atom. The highest BCUT2D eigenvalue weighted by Crippen LogP contribution is 2.31. The summed E-state index contributed by atoms with van der Waals surface area (Å²) < 4.78 is 22.9. The summed E-state index contributed by atoms with van der Waals surface area (Å²) in [6.07, 6.45) is 3.56. The molecule has 0 bridgehead atoms. The molecule has 2 atom stereocenters. The summed E-state index contributed by atoms with van der Waals surface area (Å²) >= 11 is 0. The average Bonchev–Trinajstić information content (AvgIpc) is 3.14. The topological polar surface area (TPSA) is 81.3 Å². The van der Waals surface area contributed by atoms with Crippen LogP contribution in [0.5, 0.6) is 5.75 Å². The fraction of sp³-hybridized carbons (Fsp3) is 0.318. The molecular weight excluding hydrogens is 375 g/mol. The van der Waals surface area contributed by atoms with E-state index >= 15 is 0 Å². The molecule has 0 saturated carbocycles. The minimum atomic E-state index is -0.319. The van der Waals surface area contributed by atoms with Crippen LogP contribution in [-0.4, -0.2) is 29.0 Å². The summed E-state index contributed by atoms with van der Waals surface area (Å²) in [5.74, 6) is -0.239. The van der Waals surface area contributed by atoms with Crippen molar-refractivity contribution in [3.05, 3.63) is 70.0 Å². The van der Waals surface area contributed by atoms with Crippen LogP contribution in [0.25, 0.3) is 10.9 Å². The summed E-state index contributed by atoms with van der Waals surface area (Å²) in [5, 5.41) is 0.356. The van der Waals surface area contributed by atoms with Gasteiger partial charge in [0.05, 0.1) is 30.2 Å². The number of methoxy groups -OCH3 is 1. The van der Waals surface area contributed by atoms with Crippen molar-refractivity contribution in [1.82, 2.24) is 9.97 Å². The SMILES string of the molecule is CC(=O)c1nccc2[nH]c(C3CCC(C)O3)cc(=O)c12.COc1ccccc1F. The zero-order valence-corrected chi connectivity index (χ0v) is 16.6. The molecule has 2 aromatic heterocycles. The summed E-state index contributed by atoms with van der Waals surface area (Å²) in [6.45, 7) is 3.44. The van der Waals surface area contributed by atoms with Crippen LogP contribution in [0.4, 0.5) is 4.39 Å².